The minimum Gasteiger partial charge on any atom is -0.481 e. The van der Waals surface area contributed by atoms with Crippen molar-refractivity contribution in [3.63, 3.8) is 0 Å². The van der Waals surface area contributed by atoms with Crippen molar-refractivity contribution in [3.05, 3.63) is 66.2 Å². The summed E-state index contributed by atoms with van der Waals surface area (Å²) in [6, 6.07) is 20.4. The Balaban J connectivity index is 1.83. The van der Waals surface area contributed by atoms with Crippen LogP contribution in [0.1, 0.15) is 5.56 Å². The van der Waals surface area contributed by atoms with Crippen LogP contribution in [-0.4, -0.2) is 12.1 Å². The third-order valence-corrected chi connectivity index (χ3v) is 3.27. The molecule has 0 unspecified atom stereocenters. The molecule has 0 atom stereocenters. The van der Waals surface area contributed by atoms with Crippen LogP contribution in [0.2, 0.25) is 0 Å². The molecule has 3 rings (SSSR count). The fourth-order valence-electron chi connectivity index (χ4n) is 2.26. The maximum absolute atomic E-state index is 5.13. The van der Waals surface area contributed by atoms with Gasteiger partial charge in [-0.05, 0) is 22.4 Å². The Morgan fingerprint density at radius 3 is 2.65 bits per heavy atom. The number of nitrogens with one attached hydrogen (secondary N) is 1. The summed E-state index contributed by atoms with van der Waals surface area (Å²) in [6.07, 6.45) is 0. The first-order chi connectivity index (χ1) is 9.86. The molecule has 1 heterocycles. The Morgan fingerprint density at radius 1 is 0.950 bits per heavy atom. The van der Waals surface area contributed by atoms with Gasteiger partial charge in [-0.15, -0.1) is 0 Å². The van der Waals surface area contributed by atoms with Crippen LogP contribution in [0.15, 0.2) is 60.7 Å². The predicted octanol–water partition coefficient (Wildman–Crippen LogP) is 3.86. The Morgan fingerprint density at radius 2 is 1.75 bits per heavy atom. The van der Waals surface area contributed by atoms with E-state index in [0.717, 1.165) is 12.4 Å². The van der Waals surface area contributed by atoms with Gasteiger partial charge in [-0.2, -0.15) is 4.98 Å². The van der Waals surface area contributed by atoms with E-state index in [9.17, 15) is 0 Å². The van der Waals surface area contributed by atoms with Gasteiger partial charge in [-0.1, -0.05) is 48.5 Å². The van der Waals surface area contributed by atoms with E-state index in [4.69, 9.17) is 4.74 Å². The molecule has 0 aliphatic carbocycles. The van der Waals surface area contributed by atoms with E-state index < -0.39 is 0 Å². The van der Waals surface area contributed by atoms with Crippen LogP contribution in [0, 0.1) is 0 Å². The number of methoxy groups -OCH3 is 1. The van der Waals surface area contributed by atoms with Gasteiger partial charge in [0.25, 0.3) is 0 Å². The lowest BCUT2D eigenvalue weighted by Crippen LogP contribution is -2.02. The first-order valence-electron chi connectivity index (χ1n) is 6.58. The lowest BCUT2D eigenvalue weighted by molar-refractivity contribution is 0.398. The second kappa shape index (κ2) is 5.61. The van der Waals surface area contributed by atoms with Crippen LogP contribution >= 0.6 is 0 Å². The predicted molar refractivity (Wildman–Crippen MR) is 82.1 cm³/mol. The molecule has 0 radical (unpaired) electrons. The minimum absolute atomic E-state index is 0.618. The molecule has 20 heavy (non-hydrogen) atoms. The number of hydrogen-bond donors (Lipinski definition) is 1. The maximum atomic E-state index is 5.13. The lowest BCUT2D eigenvalue weighted by Gasteiger charge is -2.09. The molecule has 3 aromatic rings. The molecule has 0 fully saturated rings. The van der Waals surface area contributed by atoms with Crippen molar-refractivity contribution in [1.29, 1.82) is 0 Å². The average Bonchev–Trinajstić information content (AvgIpc) is 2.53. The van der Waals surface area contributed by atoms with Crippen LogP contribution in [0.4, 0.5) is 5.82 Å². The highest BCUT2D eigenvalue weighted by Gasteiger charge is 2.01. The van der Waals surface area contributed by atoms with Gasteiger partial charge in [0.05, 0.1) is 7.11 Å². The summed E-state index contributed by atoms with van der Waals surface area (Å²) in [5, 5.41) is 5.86. The van der Waals surface area contributed by atoms with Gasteiger partial charge in [0.1, 0.15) is 5.82 Å². The van der Waals surface area contributed by atoms with Gasteiger partial charge >= 0.3 is 0 Å². The van der Waals surface area contributed by atoms with E-state index in [-0.39, 0.29) is 0 Å². The van der Waals surface area contributed by atoms with Crippen LogP contribution in [0.5, 0.6) is 5.88 Å². The third-order valence-electron chi connectivity index (χ3n) is 3.27. The van der Waals surface area contributed by atoms with E-state index in [0.29, 0.717) is 5.88 Å². The molecule has 3 heteroatoms. The van der Waals surface area contributed by atoms with Gasteiger partial charge in [0, 0.05) is 12.6 Å². The Kier molecular flexibility index (Phi) is 3.50. The summed E-state index contributed by atoms with van der Waals surface area (Å²) in [4.78, 5) is 4.35. The van der Waals surface area contributed by atoms with Gasteiger partial charge in [-0.3, -0.25) is 0 Å². The number of aromatic nitrogens is 1. The average molecular weight is 264 g/mol. The molecule has 0 amide bonds. The summed E-state index contributed by atoms with van der Waals surface area (Å²) >= 11 is 0. The standard InChI is InChI=1S/C17H16N2O/c1-20-17-11-5-10-16(19-17)18-12-14-8-4-7-13-6-2-3-9-15(13)14/h2-11H,12H2,1H3,(H,18,19). The van der Waals surface area contributed by atoms with Crippen molar-refractivity contribution >= 4 is 16.6 Å². The quantitative estimate of drug-likeness (QED) is 0.777. The highest BCUT2D eigenvalue weighted by atomic mass is 16.5. The van der Waals surface area contributed by atoms with E-state index in [2.05, 4.69) is 52.8 Å². The molecule has 1 N–H and O–H groups in total. The second-order valence-electron chi connectivity index (χ2n) is 4.56. The summed E-state index contributed by atoms with van der Waals surface area (Å²) in [6.45, 7) is 0.738. The smallest absolute Gasteiger partial charge is 0.214 e. The van der Waals surface area contributed by atoms with Crippen LogP contribution in [0.25, 0.3) is 10.8 Å². The molecule has 0 saturated heterocycles. The largest absolute Gasteiger partial charge is 0.481 e. The van der Waals surface area contributed by atoms with Gasteiger partial charge in [-0.25, -0.2) is 0 Å². The fourth-order valence-corrected chi connectivity index (χ4v) is 2.26. The van der Waals surface area contributed by atoms with Crippen molar-refractivity contribution in [2.24, 2.45) is 0 Å². The highest BCUT2D eigenvalue weighted by Crippen LogP contribution is 2.19. The molecule has 0 bridgehead atoms. The Bertz CT molecular complexity index is 720. The Labute approximate surface area is 118 Å². The number of hydrogen-bond acceptors (Lipinski definition) is 3. The number of anilines is 1. The SMILES string of the molecule is COc1cccc(NCc2cccc3ccccc23)n1. The molecule has 2 aromatic carbocycles. The number of pyridine rings is 1. The van der Waals surface area contributed by atoms with E-state index in [1.54, 1.807) is 7.11 Å². The van der Waals surface area contributed by atoms with Crippen LogP contribution in [0.3, 0.4) is 0 Å². The van der Waals surface area contributed by atoms with Gasteiger partial charge in [0.2, 0.25) is 5.88 Å². The molecule has 3 nitrogen and oxygen atoms in total. The van der Waals surface area contributed by atoms with Crippen molar-refractivity contribution < 1.29 is 4.74 Å². The van der Waals surface area contributed by atoms with E-state index in [1.165, 1.54) is 16.3 Å². The topological polar surface area (TPSA) is 34.1 Å². The summed E-state index contributed by atoms with van der Waals surface area (Å²) in [5.74, 6) is 1.44. The van der Waals surface area contributed by atoms with Crippen molar-refractivity contribution in [3.8, 4) is 5.88 Å². The summed E-state index contributed by atoms with van der Waals surface area (Å²) < 4.78 is 5.13. The molecule has 0 spiro atoms. The van der Waals surface area contributed by atoms with Crippen molar-refractivity contribution in [2.45, 2.75) is 6.54 Å². The normalized spacial score (nSPS) is 10.4. The van der Waals surface area contributed by atoms with Crippen molar-refractivity contribution in [1.82, 2.24) is 4.98 Å². The maximum Gasteiger partial charge on any atom is 0.214 e. The zero-order chi connectivity index (χ0) is 13.8. The molecular weight excluding hydrogens is 248 g/mol. The summed E-state index contributed by atoms with van der Waals surface area (Å²) in [7, 11) is 1.62. The van der Waals surface area contributed by atoms with E-state index in [1.807, 2.05) is 18.2 Å². The van der Waals surface area contributed by atoms with E-state index >= 15 is 0 Å². The van der Waals surface area contributed by atoms with Crippen LogP contribution < -0.4 is 10.1 Å². The zero-order valence-electron chi connectivity index (χ0n) is 11.3. The highest BCUT2D eigenvalue weighted by molar-refractivity contribution is 5.85. The number of nitrogens with zero attached hydrogens (tertiary/aromatic N) is 1. The minimum atomic E-state index is 0.618. The van der Waals surface area contributed by atoms with Crippen LogP contribution in [-0.2, 0) is 6.54 Å². The molecule has 100 valence electrons. The van der Waals surface area contributed by atoms with Crippen molar-refractivity contribution in [2.75, 3.05) is 12.4 Å². The van der Waals surface area contributed by atoms with Gasteiger partial charge in [0.15, 0.2) is 0 Å². The monoisotopic (exact) mass is 264 g/mol. The third kappa shape index (κ3) is 2.57. The number of fused-ring (bicyclic) bond motifs is 1. The molecule has 1 aromatic heterocycles. The molecule has 0 saturated carbocycles. The first-order valence-corrected chi connectivity index (χ1v) is 6.58. The Hall–Kier alpha value is -2.55. The molecule has 0 aliphatic rings. The zero-order valence-corrected chi connectivity index (χ0v) is 11.3. The fraction of sp³-hybridized carbons (Fsp3) is 0.118. The van der Waals surface area contributed by atoms with Gasteiger partial charge < -0.3 is 10.1 Å². The second-order valence-corrected chi connectivity index (χ2v) is 4.56. The first kappa shape index (κ1) is 12.5. The summed E-state index contributed by atoms with van der Waals surface area (Å²) in [5.41, 5.74) is 1.26. The lowest BCUT2D eigenvalue weighted by atomic mass is 10.0. The molecule has 0 aliphatic heterocycles. The molecular formula is C17H16N2O. The number of ether oxygens (including phenoxy) is 1. The number of rotatable bonds is 4. The number of benzene rings is 2.